The molecule has 1 N–H and O–H groups in total. The number of hydrogen-bond donors (Lipinski definition) is 1. The fourth-order valence-electron chi connectivity index (χ4n) is 1.65. The Morgan fingerprint density at radius 1 is 1.27 bits per heavy atom. The van der Waals surface area contributed by atoms with Crippen LogP contribution in [-0.4, -0.2) is 11.2 Å². The summed E-state index contributed by atoms with van der Waals surface area (Å²) in [6.07, 6.45) is 4.78. The van der Waals surface area contributed by atoms with Gasteiger partial charge in [0.05, 0.1) is 6.10 Å². The summed E-state index contributed by atoms with van der Waals surface area (Å²) in [5.41, 5.74) is 1.04. The predicted octanol–water partition coefficient (Wildman–Crippen LogP) is 3.82. The molecule has 0 aliphatic heterocycles. The van der Waals surface area contributed by atoms with Crippen LogP contribution >= 0.6 is 11.6 Å². The van der Waals surface area contributed by atoms with E-state index in [0.717, 1.165) is 23.4 Å². The number of aliphatic hydroxyl groups excluding tert-OH is 1. The van der Waals surface area contributed by atoms with Crippen molar-refractivity contribution < 1.29 is 5.11 Å². The van der Waals surface area contributed by atoms with E-state index in [-0.39, 0.29) is 6.10 Å². The van der Waals surface area contributed by atoms with E-state index in [9.17, 15) is 5.11 Å². The van der Waals surface area contributed by atoms with Crippen LogP contribution in [0, 0.1) is 0 Å². The van der Waals surface area contributed by atoms with Crippen LogP contribution < -0.4 is 0 Å². The molecule has 84 valence electrons. The molecule has 15 heavy (non-hydrogen) atoms. The zero-order chi connectivity index (χ0) is 11.1. The van der Waals surface area contributed by atoms with E-state index >= 15 is 0 Å². The van der Waals surface area contributed by atoms with E-state index in [4.69, 9.17) is 11.6 Å². The Balaban J connectivity index is 2.37. The molecule has 0 aromatic heterocycles. The zero-order valence-corrected chi connectivity index (χ0v) is 10.0. The largest absolute Gasteiger partial charge is 0.393 e. The minimum atomic E-state index is -0.253. The first-order chi connectivity index (χ1) is 7.24. The highest BCUT2D eigenvalue weighted by Gasteiger charge is 2.07. The van der Waals surface area contributed by atoms with Crippen molar-refractivity contribution in [1.29, 1.82) is 0 Å². The number of rotatable bonds is 6. The summed E-state index contributed by atoms with van der Waals surface area (Å²) in [6.45, 7) is 2.17. The van der Waals surface area contributed by atoms with E-state index in [2.05, 4.69) is 6.92 Å². The fourth-order valence-corrected chi connectivity index (χ4v) is 1.86. The molecule has 1 nitrogen and oxygen atoms in total. The molecule has 1 aromatic carbocycles. The summed E-state index contributed by atoms with van der Waals surface area (Å²) in [5.74, 6) is 0. The van der Waals surface area contributed by atoms with Crippen LogP contribution in [0.4, 0.5) is 0 Å². The highest BCUT2D eigenvalue weighted by atomic mass is 35.5. The summed E-state index contributed by atoms with van der Waals surface area (Å²) in [7, 11) is 0. The van der Waals surface area contributed by atoms with Gasteiger partial charge in [0, 0.05) is 5.02 Å². The molecule has 1 atom stereocenters. The zero-order valence-electron chi connectivity index (χ0n) is 9.25. The first kappa shape index (κ1) is 12.5. The van der Waals surface area contributed by atoms with Gasteiger partial charge in [0.25, 0.3) is 0 Å². The standard InChI is InChI=1S/C13H19ClO/c1-2-3-4-8-12(15)10-11-7-5-6-9-13(11)14/h5-7,9,12,15H,2-4,8,10H2,1H3. The number of unbranched alkanes of at least 4 members (excludes halogenated alkanes) is 2. The Bertz CT molecular complexity index is 286. The van der Waals surface area contributed by atoms with Crippen LogP contribution in [0.3, 0.4) is 0 Å². The van der Waals surface area contributed by atoms with Crippen molar-refractivity contribution in [3.63, 3.8) is 0 Å². The van der Waals surface area contributed by atoms with Gasteiger partial charge in [0.2, 0.25) is 0 Å². The fraction of sp³-hybridized carbons (Fsp3) is 0.538. The first-order valence-corrected chi connectivity index (χ1v) is 6.03. The van der Waals surface area contributed by atoms with E-state index in [1.165, 1.54) is 12.8 Å². The van der Waals surface area contributed by atoms with Crippen molar-refractivity contribution in [2.75, 3.05) is 0 Å². The molecule has 0 amide bonds. The summed E-state index contributed by atoms with van der Waals surface area (Å²) < 4.78 is 0. The lowest BCUT2D eigenvalue weighted by Gasteiger charge is -2.11. The molecule has 2 heteroatoms. The molecule has 0 spiro atoms. The second-order valence-corrected chi connectivity index (χ2v) is 4.35. The molecule has 0 heterocycles. The van der Waals surface area contributed by atoms with Gasteiger partial charge in [-0.05, 0) is 24.5 Å². The minimum Gasteiger partial charge on any atom is -0.393 e. The van der Waals surface area contributed by atoms with Gasteiger partial charge < -0.3 is 5.11 Å². The maximum atomic E-state index is 9.80. The Labute approximate surface area is 97.1 Å². The third kappa shape index (κ3) is 4.67. The molecule has 0 aliphatic carbocycles. The van der Waals surface area contributed by atoms with Gasteiger partial charge in [0.1, 0.15) is 0 Å². The summed E-state index contributed by atoms with van der Waals surface area (Å²) in [6, 6.07) is 7.72. The van der Waals surface area contributed by atoms with Gasteiger partial charge in [-0.3, -0.25) is 0 Å². The molecule has 0 fully saturated rings. The van der Waals surface area contributed by atoms with E-state index in [1.807, 2.05) is 24.3 Å². The second kappa shape index (κ2) is 6.86. The molecular formula is C13H19ClO. The number of aliphatic hydroxyl groups is 1. The van der Waals surface area contributed by atoms with Crippen molar-refractivity contribution in [1.82, 2.24) is 0 Å². The number of halogens is 1. The second-order valence-electron chi connectivity index (χ2n) is 3.95. The molecular weight excluding hydrogens is 208 g/mol. The minimum absolute atomic E-state index is 0.253. The lowest BCUT2D eigenvalue weighted by molar-refractivity contribution is 0.161. The van der Waals surface area contributed by atoms with Gasteiger partial charge in [-0.1, -0.05) is 56.0 Å². The van der Waals surface area contributed by atoms with Gasteiger partial charge >= 0.3 is 0 Å². The number of benzene rings is 1. The Morgan fingerprint density at radius 3 is 2.67 bits per heavy atom. The quantitative estimate of drug-likeness (QED) is 0.732. The maximum absolute atomic E-state index is 9.80. The smallest absolute Gasteiger partial charge is 0.0581 e. The topological polar surface area (TPSA) is 20.2 Å². The maximum Gasteiger partial charge on any atom is 0.0581 e. The van der Waals surface area contributed by atoms with Crippen LogP contribution in [0.2, 0.25) is 5.02 Å². The molecule has 0 bridgehead atoms. The van der Waals surface area contributed by atoms with Crippen molar-refractivity contribution in [3.8, 4) is 0 Å². The molecule has 0 aliphatic rings. The van der Waals surface area contributed by atoms with Gasteiger partial charge in [-0.15, -0.1) is 0 Å². The third-order valence-corrected chi connectivity index (χ3v) is 2.92. The van der Waals surface area contributed by atoms with E-state index < -0.39 is 0 Å². The van der Waals surface area contributed by atoms with Gasteiger partial charge in [0.15, 0.2) is 0 Å². The SMILES string of the molecule is CCCCCC(O)Cc1ccccc1Cl. The van der Waals surface area contributed by atoms with Crippen molar-refractivity contribution in [3.05, 3.63) is 34.9 Å². The lowest BCUT2D eigenvalue weighted by Crippen LogP contribution is -2.10. The summed E-state index contributed by atoms with van der Waals surface area (Å²) in [5, 5.41) is 10.6. The molecule has 1 unspecified atom stereocenters. The molecule has 1 aromatic rings. The Kier molecular flexibility index (Phi) is 5.74. The molecule has 1 rings (SSSR count). The Morgan fingerprint density at radius 2 is 2.00 bits per heavy atom. The summed E-state index contributed by atoms with van der Waals surface area (Å²) in [4.78, 5) is 0. The Hall–Kier alpha value is -0.530. The van der Waals surface area contributed by atoms with Crippen LogP contribution in [0.5, 0.6) is 0 Å². The highest BCUT2D eigenvalue weighted by Crippen LogP contribution is 2.18. The normalized spacial score (nSPS) is 12.7. The van der Waals surface area contributed by atoms with Crippen molar-refractivity contribution in [2.45, 2.75) is 45.1 Å². The van der Waals surface area contributed by atoms with Crippen LogP contribution in [0.1, 0.15) is 38.2 Å². The van der Waals surface area contributed by atoms with Crippen molar-refractivity contribution in [2.24, 2.45) is 0 Å². The third-order valence-electron chi connectivity index (χ3n) is 2.55. The molecule has 0 radical (unpaired) electrons. The summed E-state index contributed by atoms with van der Waals surface area (Å²) >= 11 is 6.02. The lowest BCUT2D eigenvalue weighted by atomic mass is 10.0. The van der Waals surface area contributed by atoms with E-state index in [1.54, 1.807) is 0 Å². The van der Waals surface area contributed by atoms with Crippen LogP contribution in [0.25, 0.3) is 0 Å². The average Bonchev–Trinajstić information content (AvgIpc) is 2.22. The molecule has 0 saturated carbocycles. The van der Waals surface area contributed by atoms with Crippen LogP contribution in [0.15, 0.2) is 24.3 Å². The average molecular weight is 227 g/mol. The van der Waals surface area contributed by atoms with Crippen LogP contribution in [-0.2, 0) is 6.42 Å². The van der Waals surface area contributed by atoms with Gasteiger partial charge in [-0.25, -0.2) is 0 Å². The van der Waals surface area contributed by atoms with Crippen molar-refractivity contribution >= 4 is 11.6 Å². The monoisotopic (exact) mass is 226 g/mol. The first-order valence-electron chi connectivity index (χ1n) is 5.65. The molecule has 0 saturated heterocycles. The van der Waals surface area contributed by atoms with E-state index in [0.29, 0.717) is 6.42 Å². The highest BCUT2D eigenvalue weighted by molar-refractivity contribution is 6.31. The van der Waals surface area contributed by atoms with Gasteiger partial charge in [-0.2, -0.15) is 0 Å². The predicted molar refractivity (Wildman–Crippen MR) is 65.3 cm³/mol. The number of hydrogen-bond acceptors (Lipinski definition) is 1.